The van der Waals surface area contributed by atoms with Crippen LogP contribution in [0.1, 0.15) is 31.9 Å². The van der Waals surface area contributed by atoms with Crippen LogP contribution in [-0.4, -0.2) is 48.4 Å². The lowest BCUT2D eigenvalue weighted by molar-refractivity contribution is -0.157. The number of nitrogens with one attached hydrogen (secondary N) is 1. The predicted molar refractivity (Wildman–Crippen MR) is 103 cm³/mol. The van der Waals surface area contributed by atoms with E-state index in [-0.39, 0.29) is 25.2 Å². The van der Waals surface area contributed by atoms with Crippen molar-refractivity contribution in [2.24, 2.45) is 0 Å². The SMILES string of the molecule is CC[C@H](OC(=O)[C@@H]1CCCN1S(=O)(=O)c1ccccc1F)C(=O)Nc1cc(C)on1. The van der Waals surface area contributed by atoms with Crippen molar-refractivity contribution in [2.45, 2.75) is 50.2 Å². The fourth-order valence-electron chi connectivity index (χ4n) is 3.22. The molecule has 9 nitrogen and oxygen atoms in total. The van der Waals surface area contributed by atoms with Crippen LogP contribution in [0.3, 0.4) is 0 Å². The number of benzene rings is 1. The number of hydrogen-bond donors (Lipinski definition) is 1. The van der Waals surface area contributed by atoms with Crippen LogP contribution in [0.25, 0.3) is 0 Å². The summed E-state index contributed by atoms with van der Waals surface area (Å²) in [5.41, 5.74) is 0. The molecule has 0 bridgehead atoms. The number of esters is 1. The third-order valence-corrected chi connectivity index (χ3v) is 6.64. The normalized spacial score (nSPS) is 18.2. The van der Waals surface area contributed by atoms with Gasteiger partial charge < -0.3 is 14.6 Å². The Morgan fingerprint density at radius 3 is 2.77 bits per heavy atom. The van der Waals surface area contributed by atoms with Gasteiger partial charge in [-0.2, -0.15) is 4.31 Å². The maximum absolute atomic E-state index is 14.1. The molecule has 1 fully saturated rings. The summed E-state index contributed by atoms with van der Waals surface area (Å²) in [4.78, 5) is 24.6. The summed E-state index contributed by atoms with van der Waals surface area (Å²) in [6, 6.07) is 5.34. The second-order valence-corrected chi connectivity index (χ2v) is 8.71. The molecule has 162 valence electrons. The zero-order valence-electron chi connectivity index (χ0n) is 16.5. The van der Waals surface area contributed by atoms with Crippen molar-refractivity contribution in [3.63, 3.8) is 0 Å². The second-order valence-electron chi connectivity index (χ2n) is 6.85. The van der Waals surface area contributed by atoms with Crippen LogP contribution < -0.4 is 5.32 Å². The van der Waals surface area contributed by atoms with E-state index in [1.165, 1.54) is 18.2 Å². The summed E-state index contributed by atoms with van der Waals surface area (Å²) in [6.07, 6.45) is -0.351. The lowest BCUT2D eigenvalue weighted by Gasteiger charge is -2.24. The summed E-state index contributed by atoms with van der Waals surface area (Å²) in [5, 5.41) is 6.13. The number of anilines is 1. The molecular weight excluding hydrogens is 417 g/mol. The van der Waals surface area contributed by atoms with Crippen LogP contribution >= 0.6 is 0 Å². The van der Waals surface area contributed by atoms with Crippen LogP contribution in [0.5, 0.6) is 0 Å². The van der Waals surface area contributed by atoms with Crippen molar-refractivity contribution >= 4 is 27.7 Å². The molecule has 0 aliphatic carbocycles. The number of rotatable bonds is 7. The van der Waals surface area contributed by atoms with Gasteiger partial charge in [-0.25, -0.2) is 12.8 Å². The number of aromatic nitrogens is 1. The number of carbonyl (C=O) groups excluding carboxylic acids is 2. The molecule has 11 heteroatoms. The van der Waals surface area contributed by atoms with Crippen molar-refractivity contribution in [1.29, 1.82) is 0 Å². The molecule has 1 amide bonds. The van der Waals surface area contributed by atoms with E-state index >= 15 is 0 Å². The van der Waals surface area contributed by atoms with E-state index in [1.54, 1.807) is 13.8 Å². The third-order valence-electron chi connectivity index (χ3n) is 4.70. The first-order valence-corrected chi connectivity index (χ1v) is 10.9. The molecule has 2 aromatic rings. The second kappa shape index (κ2) is 8.92. The molecular formula is C19H22FN3O6S. The van der Waals surface area contributed by atoms with Crippen LogP contribution in [0.15, 0.2) is 39.8 Å². The van der Waals surface area contributed by atoms with Crippen molar-refractivity contribution in [3.8, 4) is 0 Å². The highest BCUT2D eigenvalue weighted by Crippen LogP contribution is 2.28. The molecule has 0 spiro atoms. The maximum Gasteiger partial charge on any atom is 0.325 e. The van der Waals surface area contributed by atoms with E-state index in [1.807, 2.05) is 0 Å². The molecule has 1 N–H and O–H groups in total. The molecule has 1 aliphatic heterocycles. The van der Waals surface area contributed by atoms with E-state index in [4.69, 9.17) is 9.26 Å². The van der Waals surface area contributed by atoms with Gasteiger partial charge >= 0.3 is 5.97 Å². The van der Waals surface area contributed by atoms with Crippen molar-refractivity contribution in [2.75, 3.05) is 11.9 Å². The zero-order valence-corrected chi connectivity index (χ0v) is 17.3. The molecule has 1 aromatic heterocycles. The Hall–Kier alpha value is -2.79. The van der Waals surface area contributed by atoms with Gasteiger partial charge in [-0.15, -0.1) is 0 Å². The highest BCUT2D eigenvalue weighted by Gasteiger charge is 2.42. The topological polar surface area (TPSA) is 119 Å². The molecule has 0 saturated carbocycles. The van der Waals surface area contributed by atoms with E-state index in [9.17, 15) is 22.4 Å². The molecule has 2 atom stereocenters. The zero-order chi connectivity index (χ0) is 21.9. The van der Waals surface area contributed by atoms with E-state index in [0.717, 1.165) is 16.4 Å². The number of halogens is 1. The van der Waals surface area contributed by atoms with E-state index in [0.29, 0.717) is 12.2 Å². The van der Waals surface area contributed by atoms with Crippen molar-refractivity contribution < 1.29 is 31.7 Å². The minimum absolute atomic E-state index is 0.0532. The Balaban J connectivity index is 1.73. The minimum atomic E-state index is -4.24. The Kier molecular flexibility index (Phi) is 6.52. The summed E-state index contributed by atoms with van der Waals surface area (Å²) >= 11 is 0. The highest BCUT2D eigenvalue weighted by molar-refractivity contribution is 7.89. The average Bonchev–Trinajstić information content (AvgIpc) is 3.35. The minimum Gasteiger partial charge on any atom is -0.451 e. The summed E-state index contributed by atoms with van der Waals surface area (Å²) in [7, 11) is -4.24. The highest BCUT2D eigenvalue weighted by atomic mass is 32.2. The summed E-state index contributed by atoms with van der Waals surface area (Å²) < 4.78 is 50.9. The summed E-state index contributed by atoms with van der Waals surface area (Å²) in [6.45, 7) is 3.36. The largest absolute Gasteiger partial charge is 0.451 e. The van der Waals surface area contributed by atoms with Crippen LogP contribution in [0.4, 0.5) is 10.2 Å². The number of carbonyl (C=O) groups is 2. The number of nitrogens with zero attached hydrogens (tertiary/aromatic N) is 2. The number of hydrogen-bond acceptors (Lipinski definition) is 7. The number of sulfonamides is 1. The average molecular weight is 439 g/mol. The van der Waals surface area contributed by atoms with Gasteiger partial charge in [-0.1, -0.05) is 24.2 Å². The third kappa shape index (κ3) is 4.51. The van der Waals surface area contributed by atoms with Crippen LogP contribution in [0.2, 0.25) is 0 Å². The van der Waals surface area contributed by atoms with Gasteiger partial charge in [0.15, 0.2) is 11.9 Å². The molecule has 2 heterocycles. The Bertz CT molecular complexity index is 1040. The maximum atomic E-state index is 14.1. The Morgan fingerprint density at radius 2 is 2.13 bits per heavy atom. The molecule has 1 aliphatic rings. The lowest BCUT2D eigenvalue weighted by Crippen LogP contribution is -2.44. The number of amides is 1. The fourth-order valence-corrected chi connectivity index (χ4v) is 4.93. The van der Waals surface area contributed by atoms with Crippen molar-refractivity contribution in [3.05, 3.63) is 41.9 Å². The van der Waals surface area contributed by atoms with E-state index in [2.05, 4.69) is 10.5 Å². The van der Waals surface area contributed by atoms with Crippen molar-refractivity contribution in [1.82, 2.24) is 9.46 Å². The summed E-state index contributed by atoms with van der Waals surface area (Å²) in [5.74, 6) is -1.69. The molecule has 1 aromatic carbocycles. The smallest absolute Gasteiger partial charge is 0.325 e. The molecule has 3 rings (SSSR count). The number of aryl methyl sites for hydroxylation is 1. The molecule has 0 radical (unpaired) electrons. The van der Waals surface area contributed by atoms with Crippen LogP contribution in [0, 0.1) is 12.7 Å². The first-order valence-electron chi connectivity index (χ1n) is 9.45. The Labute approximate surface area is 173 Å². The first kappa shape index (κ1) is 21.9. The Morgan fingerprint density at radius 1 is 1.40 bits per heavy atom. The van der Waals surface area contributed by atoms with Gasteiger partial charge in [0.2, 0.25) is 10.0 Å². The lowest BCUT2D eigenvalue weighted by atomic mass is 10.2. The number of ether oxygens (including phenoxy) is 1. The van der Waals surface area contributed by atoms with Gasteiger partial charge in [-0.05, 0) is 38.3 Å². The first-order chi connectivity index (χ1) is 14.2. The quantitative estimate of drug-likeness (QED) is 0.657. The molecule has 0 unspecified atom stereocenters. The van der Waals surface area contributed by atoms with Crippen LogP contribution in [-0.2, 0) is 24.3 Å². The molecule has 30 heavy (non-hydrogen) atoms. The monoisotopic (exact) mass is 439 g/mol. The van der Waals surface area contributed by atoms with Gasteiger partial charge in [-0.3, -0.25) is 9.59 Å². The van der Waals surface area contributed by atoms with Gasteiger partial charge in [0.05, 0.1) is 0 Å². The van der Waals surface area contributed by atoms with Gasteiger partial charge in [0.25, 0.3) is 5.91 Å². The van der Waals surface area contributed by atoms with Gasteiger partial charge in [0, 0.05) is 12.6 Å². The fraction of sp³-hybridized carbons (Fsp3) is 0.421. The molecule has 1 saturated heterocycles. The predicted octanol–water partition coefficient (Wildman–Crippen LogP) is 2.24. The standard InChI is InChI=1S/C19H22FN3O6S/c1-3-15(18(24)21-17-11-12(2)29-22-17)28-19(25)14-8-6-10-23(14)30(26,27)16-9-5-4-7-13(16)20/h4-5,7,9,11,14-15H,3,6,8,10H2,1-2H3,(H,21,22,24)/t14-,15-/m0/s1. The van der Waals surface area contributed by atoms with E-state index < -0.39 is 44.8 Å². The van der Waals surface area contributed by atoms with Gasteiger partial charge in [0.1, 0.15) is 22.5 Å².